The Morgan fingerprint density at radius 3 is 2.61 bits per heavy atom. The molecule has 0 unspecified atom stereocenters. The van der Waals surface area contributed by atoms with Crippen LogP contribution in [0.25, 0.3) is 0 Å². The summed E-state index contributed by atoms with van der Waals surface area (Å²) >= 11 is 1.28. The average Bonchev–Trinajstić information content (AvgIpc) is 3.12. The lowest BCUT2D eigenvalue weighted by Gasteiger charge is -2.27. The summed E-state index contributed by atoms with van der Waals surface area (Å²) in [5.74, 6) is 0.557. The first-order chi connectivity index (χ1) is 14.9. The summed E-state index contributed by atoms with van der Waals surface area (Å²) in [4.78, 5) is 37.2. The monoisotopic (exact) mass is 434 g/mol. The van der Waals surface area contributed by atoms with Crippen molar-refractivity contribution in [1.29, 1.82) is 0 Å². The number of carbonyl (C=O) groups excluding carboxylic acids is 2. The van der Waals surface area contributed by atoms with Gasteiger partial charge in [-0.3, -0.25) is 14.6 Å². The van der Waals surface area contributed by atoms with Gasteiger partial charge in [-0.1, -0.05) is 62.4 Å². The van der Waals surface area contributed by atoms with Crippen LogP contribution in [0.2, 0.25) is 0 Å². The molecule has 160 valence electrons. The van der Waals surface area contributed by atoms with Crippen molar-refractivity contribution in [3.63, 3.8) is 0 Å². The number of aliphatic imine (C=N–C) groups is 2. The van der Waals surface area contributed by atoms with E-state index in [1.807, 2.05) is 69.3 Å². The Hall–Kier alpha value is -2.93. The summed E-state index contributed by atoms with van der Waals surface area (Å²) in [7, 11) is 0. The van der Waals surface area contributed by atoms with Crippen LogP contribution < -0.4 is 5.32 Å². The van der Waals surface area contributed by atoms with Crippen molar-refractivity contribution in [2.45, 2.75) is 45.4 Å². The summed E-state index contributed by atoms with van der Waals surface area (Å²) in [6.07, 6.45) is 0.859. The Labute approximate surface area is 186 Å². The zero-order chi connectivity index (χ0) is 22.1. The minimum Gasteiger partial charge on any atom is -0.325 e. The molecule has 7 heteroatoms. The number of fused-ring (bicyclic) bond motifs is 3. The van der Waals surface area contributed by atoms with Gasteiger partial charge in [-0.25, -0.2) is 9.89 Å². The predicted octanol–water partition coefficient (Wildman–Crippen LogP) is 4.76. The van der Waals surface area contributed by atoms with E-state index in [0.717, 1.165) is 28.9 Å². The smallest absolute Gasteiger partial charge is 0.259 e. The molecule has 2 aliphatic heterocycles. The van der Waals surface area contributed by atoms with Crippen LogP contribution in [0, 0.1) is 12.8 Å². The molecule has 3 atom stereocenters. The van der Waals surface area contributed by atoms with Crippen LogP contribution in [-0.4, -0.2) is 39.0 Å². The van der Waals surface area contributed by atoms with Gasteiger partial charge in [0.2, 0.25) is 5.91 Å². The third kappa shape index (κ3) is 4.02. The number of amides is 2. The van der Waals surface area contributed by atoms with Crippen LogP contribution in [0.4, 0.5) is 11.4 Å². The minimum absolute atomic E-state index is 0.0726. The number of hydrogen-bond donors (Lipinski definition) is 1. The molecule has 6 nitrogen and oxygen atoms in total. The number of anilines is 1. The van der Waals surface area contributed by atoms with Crippen LogP contribution in [0.1, 0.15) is 38.3 Å². The van der Waals surface area contributed by atoms with Crippen molar-refractivity contribution >= 4 is 46.0 Å². The van der Waals surface area contributed by atoms with Gasteiger partial charge < -0.3 is 5.32 Å². The second-order valence-corrected chi connectivity index (χ2v) is 9.24. The van der Waals surface area contributed by atoms with Gasteiger partial charge in [0.05, 0.1) is 10.9 Å². The molecule has 0 bridgehead atoms. The van der Waals surface area contributed by atoms with Crippen LogP contribution >= 0.6 is 11.8 Å². The number of hydrogen-bond acceptors (Lipinski definition) is 5. The molecule has 0 radical (unpaired) electrons. The molecule has 2 heterocycles. The van der Waals surface area contributed by atoms with Gasteiger partial charge in [0.15, 0.2) is 5.17 Å². The van der Waals surface area contributed by atoms with E-state index in [-0.39, 0.29) is 17.7 Å². The summed E-state index contributed by atoms with van der Waals surface area (Å²) < 4.78 is 0. The Bertz CT molecular complexity index is 1090. The first kappa shape index (κ1) is 21.3. The maximum Gasteiger partial charge on any atom is 0.259 e. The molecule has 0 aromatic heterocycles. The first-order valence-corrected chi connectivity index (χ1v) is 11.4. The third-order valence-electron chi connectivity index (χ3n) is 5.74. The molecular weight excluding hydrogens is 408 g/mol. The van der Waals surface area contributed by atoms with Crippen molar-refractivity contribution < 1.29 is 9.59 Å². The number of rotatable bonds is 5. The van der Waals surface area contributed by atoms with Gasteiger partial charge in [-0.05, 0) is 43.5 Å². The quantitative estimate of drug-likeness (QED) is 0.737. The van der Waals surface area contributed by atoms with E-state index in [1.165, 1.54) is 11.8 Å². The van der Waals surface area contributed by atoms with Crippen molar-refractivity contribution in [2.24, 2.45) is 15.9 Å². The van der Waals surface area contributed by atoms with Gasteiger partial charge >= 0.3 is 0 Å². The van der Waals surface area contributed by atoms with E-state index in [1.54, 1.807) is 4.90 Å². The molecule has 0 spiro atoms. The molecule has 0 saturated heterocycles. The fourth-order valence-electron chi connectivity index (χ4n) is 3.60. The van der Waals surface area contributed by atoms with E-state index in [2.05, 4.69) is 12.2 Å². The van der Waals surface area contributed by atoms with Crippen LogP contribution in [0.3, 0.4) is 0 Å². The molecule has 31 heavy (non-hydrogen) atoms. The summed E-state index contributed by atoms with van der Waals surface area (Å²) in [5.41, 5.74) is 3.40. The highest BCUT2D eigenvalue weighted by Crippen LogP contribution is 2.36. The maximum absolute atomic E-state index is 13.3. The predicted molar refractivity (Wildman–Crippen MR) is 127 cm³/mol. The van der Waals surface area contributed by atoms with E-state index in [9.17, 15) is 9.59 Å². The van der Waals surface area contributed by atoms with Crippen LogP contribution in [0.5, 0.6) is 0 Å². The highest BCUT2D eigenvalue weighted by Gasteiger charge is 2.43. The zero-order valence-corrected chi connectivity index (χ0v) is 18.9. The van der Waals surface area contributed by atoms with Gasteiger partial charge in [0.25, 0.3) is 5.91 Å². The minimum atomic E-state index is -0.444. The summed E-state index contributed by atoms with van der Waals surface area (Å²) in [6, 6.07) is 14.9. The summed E-state index contributed by atoms with van der Waals surface area (Å²) in [6.45, 7) is 7.88. The highest BCUT2D eigenvalue weighted by atomic mass is 32.2. The number of para-hydroxylation sites is 2. The number of nitrogens with zero attached hydrogens (tertiary/aromatic N) is 3. The molecule has 0 fully saturated rings. The zero-order valence-electron chi connectivity index (χ0n) is 18.1. The topological polar surface area (TPSA) is 74.1 Å². The standard InChI is InChI=1S/C24H26N4O2S/c1-5-14(2)20-23(30)28-21(27-20)17-11-7-9-13-19(17)26-24(28)31-16(4)22(29)25-18-12-8-6-10-15(18)3/h6-14,16,20H,5H2,1-4H3,(H,25,29)/t14-,16-,20-/m0/s1. The molecule has 0 saturated carbocycles. The average molecular weight is 435 g/mol. The molecule has 0 aliphatic carbocycles. The number of benzene rings is 2. The van der Waals surface area contributed by atoms with E-state index >= 15 is 0 Å². The van der Waals surface area contributed by atoms with Gasteiger partial charge in [-0.15, -0.1) is 0 Å². The maximum atomic E-state index is 13.3. The van der Waals surface area contributed by atoms with Crippen molar-refractivity contribution in [3.05, 3.63) is 59.7 Å². The fraction of sp³-hybridized carbons (Fsp3) is 0.333. The van der Waals surface area contributed by atoms with Gasteiger partial charge in [-0.2, -0.15) is 0 Å². The molecule has 1 N–H and O–H groups in total. The lowest BCUT2D eigenvalue weighted by Crippen LogP contribution is -2.43. The van der Waals surface area contributed by atoms with E-state index in [4.69, 9.17) is 9.98 Å². The van der Waals surface area contributed by atoms with Crippen LogP contribution in [-0.2, 0) is 9.59 Å². The van der Waals surface area contributed by atoms with Gasteiger partial charge in [0, 0.05) is 11.3 Å². The van der Waals surface area contributed by atoms with Crippen LogP contribution in [0.15, 0.2) is 58.5 Å². The second kappa shape index (κ2) is 8.67. The SMILES string of the molecule is CC[C@H](C)[C@@H]1N=C2c3ccccc3N=C(S[C@@H](C)C(=O)Nc3ccccc3C)N2C1=O. The summed E-state index contributed by atoms with van der Waals surface area (Å²) in [5, 5.41) is 3.03. The molecule has 2 amide bonds. The van der Waals surface area contributed by atoms with E-state index < -0.39 is 11.3 Å². The van der Waals surface area contributed by atoms with E-state index in [0.29, 0.717) is 11.0 Å². The molecule has 2 aliphatic rings. The van der Waals surface area contributed by atoms with Crippen molar-refractivity contribution in [3.8, 4) is 0 Å². The Morgan fingerprint density at radius 2 is 1.87 bits per heavy atom. The molecule has 2 aromatic rings. The molecule has 4 rings (SSSR count). The molecular formula is C24H26N4O2S. The Kier molecular flexibility index (Phi) is 5.96. The van der Waals surface area contributed by atoms with Crippen molar-refractivity contribution in [2.75, 3.05) is 5.32 Å². The normalized spacial score (nSPS) is 19.2. The number of nitrogens with one attached hydrogen (secondary N) is 1. The number of amidine groups is 2. The Balaban J connectivity index is 1.61. The third-order valence-corrected chi connectivity index (χ3v) is 6.79. The fourth-order valence-corrected chi connectivity index (χ4v) is 4.52. The highest BCUT2D eigenvalue weighted by molar-refractivity contribution is 8.15. The molecule has 2 aromatic carbocycles. The van der Waals surface area contributed by atoms with Gasteiger partial charge in [0.1, 0.15) is 11.9 Å². The van der Waals surface area contributed by atoms with Crippen molar-refractivity contribution in [1.82, 2.24) is 4.90 Å². The lowest BCUT2D eigenvalue weighted by molar-refractivity contribution is -0.125. The Morgan fingerprint density at radius 1 is 1.16 bits per heavy atom. The number of thioether (sulfide) groups is 1. The first-order valence-electron chi connectivity index (χ1n) is 10.5. The second-order valence-electron chi connectivity index (χ2n) is 7.93. The number of carbonyl (C=O) groups is 2. The largest absolute Gasteiger partial charge is 0.325 e. The lowest BCUT2D eigenvalue weighted by atomic mass is 10.00. The number of aryl methyl sites for hydroxylation is 1.